The smallest absolute Gasteiger partial charge is 0.255 e. The molecule has 19 heavy (non-hydrogen) atoms. The standard InChI is InChI=1S/C13H8BrClINO2/c14-8-2-4-11(9(15)6-8)17-13(19)7-1-3-10(16)12(18)5-7/h1-6,18H,(H,17,19). The number of hydrogen-bond donors (Lipinski definition) is 2. The summed E-state index contributed by atoms with van der Waals surface area (Å²) in [5.41, 5.74) is 0.893. The Morgan fingerprint density at radius 3 is 2.63 bits per heavy atom. The highest BCUT2D eigenvalue weighted by molar-refractivity contribution is 14.1. The van der Waals surface area contributed by atoms with E-state index in [0.717, 1.165) is 4.47 Å². The van der Waals surface area contributed by atoms with Crippen molar-refractivity contribution in [2.75, 3.05) is 5.32 Å². The molecule has 0 saturated heterocycles. The van der Waals surface area contributed by atoms with E-state index in [0.29, 0.717) is 19.8 Å². The molecule has 0 radical (unpaired) electrons. The Kier molecular flexibility index (Phi) is 4.70. The first kappa shape index (κ1) is 14.6. The molecule has 98 valence electrons. The van der Waals surface area contributed by atoms with Gasteiger partial charge in [0.25, 0.3) is 5.91 Å². The molecule has 0 atom stereocenters. The highest BCUT2D eigenvalue weighted by atomic mass is 127. The van der Waals surface area contributed by atoms with Crippen LogP contribution in [0, 0.1) is 3.57 Å². The number of hydrogen-bond acceptors (Lipinski definition) is 2. The molecule has 0 aliphatic carbocycles. The van der Waals surface area contributed by atoms with Gasteiger partial charge in [-0.25, -0.2) is 0 Å². The van der Waals surface area contributed by atoms with Crippen LogP contribution in [0.15, 0.2) is 40.9 Å². The second-order valence-corrected chi connectivity index (χ2v) is 6.23. The Labute approximate surface area is 137 Å². The average Bonchev–Trinajstić information content (AvgIpc) is 2.36. The van der Waals surface area contributed by atoms with E-state index in [2.05, 4.69) is 21.2 Å². The summed E-state index contributed by atoms with van der Waals surface area (Å²) >= 11 is 11.3. The molecule has 2 aromatic carbocycles. The van der Waals surface area contributed by atoms with Crippen LogP contribution < -0.4 is 5.32 Å². The average molecular weight is 452 g/mol. The summed E-state index contributed by atoms with van der Waals surface area (Å²) in [5.74, 6) is -0.244. The summed E-state index contributed by atoms with van der Waals surface area (Å²) in [6.07, 6.45) is 0. The highest BCUT2D eigenvalue weighted by Gasteiger charge is 2.10. The molecule has 0 bridgehead atoms. The van der Waals surface area contributed by atoms with Crippen molar-refractivity contribution in [1.29, 1.82) is 0 Å². The van der Waals surface area contributed by atoms with Crippen molar-refractivity contribution in [2.24, 2.45) is 0 Å². The normalized spacial score (nSPS) is 10.3. The number of phenols is 1. The van der Waals surface area contributed by atoms with Gasteiger partial charge in [-0.15, -0.1) is 0 Å². The number of benzene rings is 2. The molecule has 0 aliphatic heterocycles. The van der Waals surface area contributed by atoms with Crippen LogP contribution in [0.1, 0.15) is 10.4 Å². The molecular formula is C13H8BrClINO2. The van der Waals surface area contributed by atoms with Gasteiger partial charge >= 0.3 is 0 Å². The SMILES string of the molecule is O=C(Nc1ccc(Br)cc1Cl)c1ccc(I)c(O)c1. The lowest BCUT2D eigenvalue weighted by Gasteiger charge is -2.08. The van der Waals surface area contributed by atoms with E-state index in [-0.39, 0.29) is 11.7 Å². The van der Waals surface area contributed by atoms with Crippen molar-refractivity contribution in [3.8, 4) is 5.75 Å². The summed E-state index contributed by atoms with van der Waals surface area (Å²) in [5, 5.41) is 12.7. The lowest BCUT2D eigenvalue weighted by molar-refractivity contribution is 0.102. The third-order valence-corrected chi connectivity index (χ3v) is 4.11. The predicted molar refractivity (Wildman–Crippen MR) is 87.9 cm³/mol. The minimum Gasteiger partial charge on any atom is -0.507 e. The molecule has 0 heterocycles. The molecule has 1 amide bonds. The van der Waals surface area contributed by atoms with Crippen molar-refractivity contribution in [2.45, 2.75) is 0 Å². The number of phenolic OH excluding ortho intramolecular Hbond substituents is 1. The molecule has 2 aromatic rings. The zero-order valence-electron chi connectivity index (χ0n) is 9.45. The molecule has 3 nitrogen and oxygen atoms in total. The van der Waals surface area contributed by atoms with Crippen molar-refractivity contribution < 1.29 is 9.90 Å². The number of carbonyl (C=O) groups excluding carboxylic acids is 1. The van der Waals surface area contributed by atoms with Crippen LogP contribution in [-0.2, 0) is 0 Å². The van der Waals surface area contributed by atoms with Crippen LogP contribution in [0.5, 0.6) is 5.75 Å². The van der Waals surface area contributed by atoms with E-state index in [4.69, 9.17) is 11.6 Å². The van der Waals surface area contributed by atoms with Gasteiger partial charge in [-0.05, 0) is 59.0 Å². The van der Waals surface area contributed by atoms with Crippen LogP contribution in [0.4, 0.5) is 5.69 Å². The van der Waals surface area contributed by atoms with E-state index in [1.54, 1.807) is 30.3 Å². The molecule has 0 aliphatic rings. The monoisotopic (exact) mass is 451 g/mol. The Bertz CT molecular complexity index is 649. The minimum absolute atomic E-state index is 0.0788. The second-order valence-electron chi connectivity index (χ2n) is 3.74. The van der Waals surface area contributed by atoms with Crippen LogP contribution in [0.25, 0.3) is 0 Å². The van der Waals surface area contributed by atoms with Crippen molar-refractivity contribution in [1.82, 2.24) is 0 Å². The maximum absolute atomic E-state index is 12.0. The number of rotatable bonds is 2. The maximum atomic E-state index is 12.0. The van der Waals surface area contributed by atoms with E-state index in [1.807, 2.05) is 22.6 Å². The van der Waals surface area contributed by atoms with Gasteiger partial charge < -0.3 is 10.4 Å². The van der Waals surface area contributed by atoms with Gasteiger partial charge in [0.05, 0.1) is 14.3 Å². The van der Waals surface area contributed by atoms with E-state index in [1.165, 1.54) is 6.07 Å². The fourth-order valence-corrected chi connectivity index (χ4v) is 2.50. The first-order chi connectivity index (χ1) is 8.97. The van der Waals surface area contributed by atoms with Gasteiger partial charge in [0.2, 0.25) is 0 Å². The second kappa shape index (κ2) is 6.11. The number of halogens is 3. The quantitative estimate of drug-likeness (QED) is 0.651. The fourth-order valence-electron chi connectivity index (χ4n) is 1.44. The molecular weight excluding hydrogens is 444 g/mol. The van der Waals surface area contributed by atoms with Gasteiger partial charge in [0, 0.05) is 10.0 Å². The van der Waals surface area contributed by atoms with Crippen LogP contribution >= 0.6 is 50.1 Å². The summed E-state index contributed by atoms with van der Waals surface area (Å²) < 4.78 is 1.53. The molecule has 2 rings (SSSR count). The zero-order chi connectivity index (χ0) is 14.0. The van der Waals surface area contributed by atoms with Crippen LogP contribution in [0.2, 0.25) is 5.02 Å². The van der Waals surface area contributed by atoms with Crippen molar-refractivity contribution >= 4 is 61.7 Å². The third-order valence-electron chi connectivity index (χ3n) is 2.39. The lowest BCUT2D eigenvalue weighted by Crippen LogP contribution is -2.12. The zero-order valence-corrected chi connectivity index (χ0v) is 14.0. The van der Waals surface area contributed by atoms with Crippen LogP contribution in [0.3, 0.4) is 0 Å². The van der Waals surface area contributed by atoms with E-state index < -0.39 is 0 Å². The van der Waals surface area contributed by atoms with E-state index in [9.17, 15) is 9.90 Å². The highest BCUT2D eigenvalue weighted by Crippen LogP contribution is 2.27. The molecule has 0 saturated carbocycles. The summed E-state index contributed by atoms with van der Waals surface area (Å²) in [4.78, 5) is 12.0. The number of amides is 1. The first-order valence-electron chi connectivity index (χ1n) is 5.22. The number of aromatic hydroxyl groups is 1. The lowest BCUT2D eigenvalue weighted by atomic mass is 10.2. The van der Waals surface area contributed by atoms with Crippen molar-refractivity contribution in [3.63, 3.8) is 0 Å². The number of anilines is 1. The molecule has 0 fully saturated rings. The van der Waals surface area contributed by atoms with Gasteiger partial charge in [0.1, 0.15) is 5.75 Å². The first-order valence-corrected chi connectivity index (χ1v) is 7.47. The Morgan fingerprint density at radius 2 is 2.00 bits per heavy atom. The summed E-state index contributed by atoms with van der Waals surface area (Å²) in [6, 6.07) is 9.92. The largest absolute Gasteiger partial charge is 0.507 e. The van der Waals surface area contributed by atoms with Gasteiger partial charge in [0.15, 0.2) is 0 Å². The Balaban J connectivity index is 2.23. The predicted octanol–water partition coefficient (Wildman–Crippen LogP) is 4.67. The Hall–Kier alpha value is -0.790. The Morgan fingerprint density at radius 1 is 1.26 bits per heavy atom. The summed E-state index contributed by atoms with van der Waals surface area (Å²) in [6.45, 7) is 0. The summed E-state index contributed by atoms with van der Waals surface area (Å²) in [7, 11) is 0. The van der Waals surface area contributed by atoms with Crippen molar-refractivity contribution in [3.05, 3.63) is 55.0 Å². The molecule has 6 heteroatoms. The molecule has 0 unspecified atom stereocenters. The number of carbonyl (C=O) groups is 1. The topological polar surface area (TPSA) is 49.3 Å². The number of nitrogens with one attached hydrogen (secondary N) is 1. The third kappa shape index (κ3) is 3.61. The fraction of sp³-hybridized carbons (Fsp3) is 0. The van der Waals surface area contributed by atoms with E-state index >= 15 is 0 Å². The van der Waals surface area contributed by atoms with Gasteiger partial charge in [-0.1, -0.05) is 27.5 Å². The van der Waals surface area contributed by atoms with Gasteiger partial charge in [-0.3, -0.25) is 4.79 Å². The minimum atomic E-state index is -0.323. The molecule has 2 N–H and O–H groups in total. The maximum Gasteiger partial charge on any atom is 0.255 e. The molecule has 0 aromatic heterocycles. The van der Waals surface area contributed by atoms with Crippen LogP contribution in [-0.4, -0.2) is 11.0 Å². The molecule has 0 spiro atoms. The van der Waals surface area contributed by atoms with Gasteiger partial charge in [-0.2, -0.15) is 0 Å².